The molecule has 1 saturated carbocycles. The Kier molecular flexibility index (Phi) is 6.79. The van der Waals surface area contributed by atoms with E-state index in [4.69, 9.17) is 0 Å². The zero-order valence-corrected chi connectivity index (χ0v) is 18.7. The number of rotatable bonds is 6. The molecule has 1 heterocycles. The van der Waals surface area contributed by atoms with Crippen LogP contribution in [0.1, 0.15) is 50.2 Å². The minimum atomic E-state index is -4.43. The molecule has 1 atom stereocenters. The number of fused-ring (bicyclic) bond motifs is 1. The fraction of sp³-hybridized carbons (Fsp3) is 0.417. The van der Waals surface area contributed by atoms with Gasteiger partial charge in [0.15, 0.2) is 5.16 Å². The molecule has 1 aliphatic carbocycles. The van der Waals surface area contributed by atoms with Crippen molar-refractivity contribution in [3.05, 3.63) is 59.7 Å². The second-order valence-electron chi connectivity index (χ2n) is 8.27. The quantitative estimate of drug-likeness (QED) is 0.456. The summed E-state index contributed by atoms with van der Waals surface area (Å²) in [4.78, 5) is 17.3. The van der Waals surface area contributed by atoms with E-state index in [9.17, 15) is 18.0 Å². The highest BCUT2D eigenvalue weighted by Crippen LogP contribution is 2.34. The molecule has 0 bridgehead atoms. The average molecular weight is 462 g/mol. The molecule has 1 aromatic heterocycles. The van der Waals surface area contributed by atoms with Crippen molar-refractivity contribution in [2.24, 2.45) is 0 Å². The maximum Gasteiger partial charge on any atom is 0.416 e. The lowest BCUT2D eigenvalue weighted by Crippen LogP contribution is -2.40. The molecule has 1 amide bonds. The van der Waals surface area contributed by atoms with Crippen molar-refractivity contribution >= 4 is 28.7 Å². The van der Waals surface area contributed by atoms with Gasteiger partial charge in [0, 0.05) is 6.04 Å². The number of hydrogen-bond acceptors (Lipinski definition) is 3. The van der Waals surface area contributed by atoms with Crippen molar-refractivity contribution in [1.82, 2.24) is 14.9 Å². The summed E-state index contributed by atoms with van der Waals surface area (Å²) in [7, 11) is 0. The minimum Gasteiger partial charge on any atom is -0.352 e. The van der Waals surface area contributed by atoms with E-state index in [-0.39, 0.29) is 17.5 Å². The Bertz CT molecular complexity index is 1080. The van der Waals surface area contributed by atoms with Crippen LogP contribution in [-0.4, -0.2) is 26.8 Å². The van der Waals surface area contributed by atoms with Gasteiger partial charge in [-0.05, 0) is 43.5 Å². The smallest absolute Gasteiger partial charge is 0.352 e. The fourth-order valence-electron chi connectivity index (χ4n) is 4.07. The topological polar surface area (TPSA) is 46.9 Å². The fourth-order valence-corrected chi connectivity index (χ4v) is 5.00. The lowest BCUT2D eigenvalue weighted by molar-refractivity contribution is -0.137. The molecule has 170 valence electrons. The Labute approximate surface area is 189 Å². The maximum absolute atomic E-state index is 13.2. The summed E-state index contributed by atoms with van der Waals surface area (Å²) < 4.78 is 41.5. The lowest BCUT2D eigenvalue weighted by Gasteiger charge is -2.24. The number of halogens is 3. The molecule has 0 radical (unpaired) electrons. The molecular formula is C24H26F3N3OS. The Hall–Kier alpha value is -2.48. The largest absolute Gasteiger partial charge is 0.416 e. The van der Waals surface area contributed by atoms with Crippen LogP contribution >= 0.6 is 11.8 Å². The molecule has 2 aromatic carbocycles. The normalized spacial score (nSPS) is 16.2. The predicted octanol–water partition coefficient (Wildman–Crippen LogP) is 6.03. The first kappa shape index (κ1) is 22.7. The third-order valence-corrected chi connectivity index (χ3v) is 6.92. The SMILES string of the molecule is CC(Sc1nc2cc(C(F)(F)F)ccc2n1Cc1ccccc1)C(=O)NC1CCCCC1. The number of carbonyl (C=O) groups is 1. The molecule has 4 nitrogen and oxygen atoms in total. The number of hydrogen-bond donors (Lipinski definition) is 1. The van der Waals surface area contributed by atoms with Crippen LogP contribution in [0.15, 0.2) is 53.7 Å². The number of aromatic nitrogens is 2. The monoisotopic (exact) mass is 461 g/mol. The molecule has 1 aliphatic rings. The molecule has 1 unspecified atom stereocenters. The first-order chi connectivity index (χ1) is 15.3. The van der Waals surface area contributed by atoms with Gasteiger partial charge in [0.25, 0.3) is 0 Å². The van der Waals surface area contributed by atoms with E-state index in [1.807, 2.05) is 41.8 Å². The van der Waals surface area contributed by atoms with Crippen LogP contribution in [0, 0.1) is 0 Å². The summed E-state index contributed by atoms with van der Waals surface area (Å²) >= 11 is 1.28. The second-order valence-corrected chi connectivity index (χ2v) is 9.58. The number of thioether (sulfide) groups is 1. The van der Waals surface area contributed by atoms with E-state index < -0.39 is 17.0 Å². The Morgan fingerprint density at radius 1 is 1.16 bits per heavy atom. The van der Waals surface area contributed by atoms with Gasteiger partial charge < -0.3 is 9.88 Å². The molecule has 0 aliphatic heterocycles. The number of carbonyl (C=O) groups excluding carboxylic acids is 1. The van der Waals surface area contributed by atoms with Gasteiger partial charge in [-0.2, -0.15) is 13.2 Å². The van der Waals surface area contributed by atoms with Gasteiger partial charge in [-0.15, -0.1) is 0 Å². The molecule has 0 saturated heterocycles. The van der Waals surface area contributed by atoms with Gasteiger partial charge in [0.2, 0.25) is 5.91 Å². The summed E-state index contributed by atoms with van der Waals surface area (Å²) in [5.41, 5.74) is 1.17. The van der Waals surface area contributed by atoms with Gasteiger partial charge in [0.1, 0.15) is 0 Å². The molecule has 0 spiro atoms. The third-order valence-electron chi connectivity index (χ3n) is 5.83. The van der Waals surface area contributed by atoms with Crippen LogP contribution < -0.4 is 5.32 Å². The number of amides is 1. The molecule has 32 heavy (non-hydrogen) atoms. The number of benzene rings is 2. The van der Waals surface area contributed by atoms with Crippen LogP contribution in [0.4, 0.5) is 13.2 Å². The zero-order chi connectivity index (χ0) is 22.7. The van der Waals surface area contributed by atoms with Gasteiger partial charge in [0.05, 0.1) is 28.4 Å². The van der Waals surface area contributed by atoms with E-state index in [2.05, 4.69) is 10.3 Å². The van der Waals surface area contributed by atoms with Crippen molar-refractivity contribution in [2.75, 3.05) is 0 Å². The van der Waals surface area contributed by atoms with Gasteiger partial charge >= 0.3 is 6.18 Å². The Morgan fingerprint density at radius 2 is 1.88 bits per heavy atom. The number of nitrogens with one attached hydrogen (secondary N) is 1. The summed E-state index contributed by atoms with van der Waals surface area (Å²) in [6, 6.07) is 13.5. The van der Waals surface area contributed by atoms with Crippen molar-refractivity contribution in [3.8, 4) is 0 Å². The highest BCUT2D eigenvalue weighted by atomic mass is 32.2. The van der Waals surface area contributed by atoms with Gasteiger partial charge in [-0.3, -0.25) is 4.79 Å². The first-order valence-electron chi connectivity index (χ1n) is 10.9. The van der Waals surface area contributed by atoms with E-state index in [0.717, 1.165) is 43.4 Å². The molecule has 1 fully saturated rings. The molecule has 1 N–H and O–H groups in total. The minimum absolute atomic E-state index is 0.0591. The molecule has 3 aromatic rings. The highest BCUT2D eigenvalue weighted by Gasteiger charge is 2.31. The molecule has 8 heteroatoms. The van der Waals surface area contributed by atoms with E-state index >= 15 is 0 Å². The van der Waals surface area contributed by atoms with Crippen LogP contribution in [0.25, 0.3) is 11.0 Å². The summed E-state index contributed by atoms with van der Waals surface area (Å²) in [6.07, 6.45) is 1.02. The predicted molar refractivity (Wildman–Crippen MR) is 121 cm³/mol. The maximum atomic E-state index is 13.2. The Morgan fingerprint density at radius 3 is 2.56 bits per heavy atom. The van der Waals surface area contributed by atoms with Crippen molar-refractivity contribution in [3.63, 3.8) is 0 Å². The number of alkyl halides is 3. The summed E-state index contributed by atoms with van der Waals surface area (Å²) in [5.74, 6) is -0.0591. The summed E-state index contributed by atoms with van der Waals surface area (Å²) in [5, 5.41) is 3.25. The van der Waals surface area contributed by atoms with Crippen LogP contribution in [0.3, 0.4) is 0 Å². The second kappa shape index (κ2) is 9.57. The standard InChI is InChI=1S/C24H26F3N3OS/c1-16(22(31)28-19-10-6-3-7-11-19)32-23-29-20-14-18(24(25,26)27)12-13-21(20)30(23)15-17-8-4-2-5-9-17/h2,4-5,8-9,12-14,16,19H,3,6-7,10-11,15H2,1H3,(H,28,31). The van der Waals surface area contributed by atoms with Gasteiger partial charge in [-0.25, -0.2) is 4.98 Å². The molecule has 4 rings (SSSR count). The summed E-state index contributed by atoms with van der Waals surface area (Å²) in [6.45, 7) is 2.28. The first-order valence-corrected chi connectivity index (χ1v) is 11.8. The van der Waals surface area contributed by atoms with Crippen LogP contribution in [-0.2, 0) is 17.5 Å². The Balaban J connectivity index is 1.62. The van der Waals surface area contributed by atoms with E-state index in [1.165, 1.54) is 24.2 Å². The lowest BCUT2D eigenvalue weighted by atomic mass is 9.95. The third kappa shape index (κ3) is 5.28. The zero-order valence-electron chi connectivity index (χ0n) is 17.9. The van der Waals surface area contributed by atoms with E-state index in [0.29, 0.717) is 17.2 Å². The van der Waals surface area contributed by atoms with Crippen molar-refractivity contribution in [1.29, 1.82) is 0 Å². The van der Waals surface area contributed by atoms with Crippen molar-refractivity contribution in [2.45, 2.75) is 68.2 Å². The van der Waals surface area contributed by atoms with Crippen LogP contribution in [0.5, 0.6) is 0 Å². The van der Waals surface area contributed by atoms with Crippen LogP contribution in [0.2, 0.25) is 0 Å². The highest BCUT2D eigenvalue weighted by molar-refractivity contribution is 8.00. The number of imidazole rings is 1. The van der Waals surface area contributed by atoms with Crippen molar-refractivity contribution < 1.29 is 18.0 Å². The average Bonchev–Trinajstić information content (AvgIpc) is 3.10. The molecular weight excluding hydrogens is 435 g/mol. The van der Waals surface area contributed by atoms with Gasteiger partial charge in [-0.1, -0.05) is 61.4 Å². The van der Waals surface area contributed by atoms with E-state index in [1.54, 1.807) is 0 Å². The number of nitrogens with zero attached hydrogens (tertiary/aromatic N) is 2.